The second kappa shape index (κ2) is 4.01. The van der Waals surface area contributed by atoms with E-state index in [1.54, 1.807) is 13.1 Å². The van der Waals surface area contributed by atoms with Crippen molar-refractivity contribution in [3.8, 4) is 0 Å². The number of halogens is 1. The van der Waals surface area contributed by atoms with Gasteiger partial charge >= 0.3 is 0 Å². The Labute approximate surface area is 80.8 Å². The highest BCUT2D eigenvalue weighted by Crippen LogP contribution is 2.24. The first kappa shape index (κ1) is 9.68. The summed E-state index contributed by atoms with van der Waals surface area (Å²) in [5, 5.41) is 9.35. The molecule has 1 aromatic rings. The van der Waals surface area contributed by atoms with Gasteiger partial charge < -0.3 is 5.11 Å². The third kappa shape index (κ3) is 2.05. The van der Waals surface area contributed by atoms with Crippen molar-refractivity contribution < 1.29 is 5.11 Å². The summed E-state index contributed by atoms with van der Waals surface area (Å²) >= 11 is 3.34. The van der Waals surface area contributed by atoms with Gasteiger partial charge in [0.25, 0.3) is 0 Å². The van der Waals surface area contributed by atoms with Crippen LogP contribution in [0.5, 0.6) is 0 Å². The van der Waals surface area contributed by atoms with Gasteiger partial charge in [0.1, 0.15) is 4.60 Å². The van der Waals surface area contributed by atoms with Crippen molar-refractivity contribution in [2.45, 2.75) is 25.9 Å². The molecular weight excluding hydrogens is 218 g/mol. The summed E-state index contributed by atoms with van der Waals surface area (Å²) in [4.78, 5) is 4.09. The molecule has 0 aliphatic rings. The maximum absolute atomic E-state index is 9.35. The van der Waals surface area contributed by atoms with Gasteiger partial charge in [0.2, 0.25) is 0 Å². The average molecular weight is 230 g/mol. The fourth-order valence-electron chi connectivity index (χ4n) is 0.998. The molecule has 0 amide bonds. The van der Waals surface area contributed by atoms with Crippen LogP contribution in [0, 0.1) is 0 Å². The Kier molecular flexibility index (Phi) is 3.23. The number of aliphatic hydroxyl groups is 1. The summed E-state index contributed by atoms with van der Waals surface area (Å²) in [6.45, 7) is 3.76. The molecule has 0 aliphatic heterocycles. The Balaban J connectivity index is 2.94. The van der Waals surface area contributed by atoms with E-state index in [0.717, 1.165) is 10.2 Å². The zero-order valence-corrected chi connectivity index (χ0v) is 8.75. The van der Waals surface area contributed by atoms with Crippen molar-refractivity contribution in [3.63, 3.8) is 0 Å². The quantitative estimate of drug-likeness (QED) is 0.791. The van der Waals surface area contributed by atoms with Crippen LogP contribution in [-0.2, 0) is 0 Å². The highest BCUT2D eigenvalue weighted by Gasteiger charge is 2.14. The van der Waals surface area contributed by atoms with E-state index in [2.05, 4.69) is 20.9 Å². The van der Waals surface area contributed by atoms with Crippen LogP contribution < -0.4 is 0 Å². The number of hydrogen-bond acceptors (Lipinski definition) is 2. The summed E-state index contributed by atoms with van der Waals surface area (Å²) in [5.74, 6) is 0.119. The molecule has 0 saturated carbocycles. The predicted octanol–water partition coefficient (Wildman–Crippen LogP) is 2.33. The van der Waals surface area contributed by atoms with Crippen molar-refractivity contribution >= 4 is 15.9 Å². The molecule has 2 unspecified atom stereocenters. The molecule has 1 heterocycles. The SMILES string of the molecule is CC(O)C(C)c1cccnc1Br. The van der Waals surface area contributed by atoms with Gasteiger partial charge in [-0.05, 0) is 34.5 Å². The molecule has 0 spiro atoms. The third-order valence-corrected chi connectivity index (χ3v) is 2.66. The zero-order chi connectivity index (χ0) is 9.14. The lowest BCUT2D eigenvalue weighted by Crippen LogP contribution is -2.11. The molecule has 12 heavy (non-hydrogen) atoms. The van der Waals surface area contributed by atoms with Gasteiger partial charge in [-0.15, -0.1) is 0 Å². The fraction of sp³-hybridized carbons (Fsp3) is 0.444. The van der Waals surface area contributed by atoms with Gasteiger partial charge in [-0.1, -0.05) is 13.0 Å². The van der Waals surface area contributed by atoms with Crippen molar-refractivity contribution in [1.29, 1.82) is 0 Å². The number of rotatable bonds is 2. The second-order valence-corrected chi connectivity index (χ2v) is 3.66. The minimum absolute atomic E-state index is 0.119. The molecule has 66 valence electrons. The van der Waals surface area contributed by atoms with Crippen LogP contribution in [0.1, 0.15) is 25.3 Å². The largest absolute Gasteiger partial charge is 0.393 e. The summed E-state index contributed by atoms with van der Waals surface area (Å²) in [7, 11) is 0. The standard InChI is InChI=1S/C9H12BrNO/c1-6(7(2)12)8-4-3-5-11-9(8)10/h3-7,12H,1-2H3. The molecular formula is C9H12BrNO. The minimum Gasteiger partial charge on any atom is -0.393 e. The maximum atomic E-state index is 9.35. The minimum atomic E-state index is -0.342. The van der Waals surface area contributed by atoms with Crippen molar-refractivity contribution in [2.75, 3.05) is 0 Å². The molecule has 1 rings (SSSR count). The number of hydrogen-bond donors (Lipinski definition) is 1. The van der Waals surface area contributed by atoms with Crippen LogP contribution in [0.15, 0.2) is 22.9 Å². The number of aromatic nitrogens is 1. The Bertz CT molecular complexity index is 262. The van der Waals surface area contributed by atoms with Crippen molar-refractivity contribution in [1.82, 2.24) is 4.98 Å². The van der Waals surface area contributed by atoms with E-state index in [1.165, 1.54) is 0 Å². The Hall–Kier alpha value is -0.410. The first-order chi connectivity index (χ1) is 5.63. The van der Waals surface area contributed by atoms with Crippen LogP contribution in [0.4, 0.5) is 0 Å². The average Bonchev–Trinajstić information content (AvgIpc) is 2.04. The van der Waals surface area contributed by atoms with E-state index in [4.69, 9.17) is 0 Å². The predicted molar refractivity (Wildman–Crippen MR) is 52.0 cm³/mol. The summed E-state index contributed by atoms with van der Waals surface area (Å²) in [6, 6.07) is 3.84. The van der Waals surface area contributed by atoms with E-state index in [-0.39, 0.29) is 12.0 Å². The topological polar surface area (TPSA) is 33.1 Å². The monoisotopic (exact) mass is 229 g/mol. The third-order valence-electron chi connectivity index (χ3n) is 2.00. The molecule has 0 aromatic carbocycles. The second-order valence-electron chi connectivity index (χ2n) is 2.91. The Morgan fingerprint density at radius 3 is 2.67 bits per heavy atom. The molecule has 1 N–H and O–H groups in total. The molecule has 0 radical (unpaired) electrons. The van der Waals surface area contributed by atoms with E-state index in [9.17, 15) is 5.11 Å². The molecule has 2 atom stereocenters. The van der Waals surface area contributed by atoms with Gasteiger partial charge in [-0.25, -0.2) is 4.98 Å². The van der Waals surface area contributed by atoms with E-state index >= 15 is 0 Å². The molecule has 0 saturated heterocycles. The highest BCUT2D eigenvalue weighted by atomic mass is 79.9. The summed E-state index contributed by atoms with van der Waals surface area (Å²) < 4.78 is 0.818. The zero-order valence-electron chi connectivity index (χ0n) is 7.16. The molecule has 2 nitrogen and oxygen atoms in total. The lowest BCUT2D eigenvalue weighted by molar-refractivity contribution is 0.168. The maximum Gasteiger partial charge on any atom is 0.109 e. The molecule has 3 heteroatoms. The highest BCUT2D eigenvalue weighted by molar-refractivity contribution is 9.10. The number of nitrogens with zero attached hydrogens (tertiary/aromatic N) is 1. The van der Waals surface area contributed by atoms with Crippen LogP contribution in [0.2, 0.25) is 0 Å². The van der Waals surface area contributed by atoms with Crippen LogP contribution in [0.3, 0.4) is 0 Å². The summed E-state index contributed by atoms with van der Waals surface area (Å²) in [6.07, 6.45) is 1.38. The molecule has 0 aliphatic carbocycles. The number of pyridine rings is 1. The first-order valence-electron chi connectivity index (χ1n) is 3.91. The Morgan fingerprint density at radius 2 is 2.17 bits per heavy atom. The van der Waals surface area contributed by atoms with Gasteiger partial charge in [0.05, 0.1) is 6.10 Å². The lowest BCUT2D eigenvalue weighted by atomic mass is 9.98. The van der Waals surface area contributed by atoms with Gasteiger partial charge in [0.15, 0.2) is 0 Å². The van der Waals surface area contributed by atoms with Crippen molar-refractivity contribution in [2.24, 2.45) is 0 Å². The normalized spacial score (nSPS) is 15.7. The number of aliphatic hydroxyl groups excluding tert-OH is 1. The van der Waals surface area contributed by atoms with E-state index in [0.29, 0.717) is 0 Å². The van der Waals surface area contributed by atoms with Crippen LogP contribution in [0.25, 0.3) is 0 Å². The molecule has 0 bridgehead atoms. The van der Waals surface area contributed by atoms with Crippen LogP contribution >= 0.6 is 15.9 Å². The van der Waals surface area contributed by atoms with Gasteiger partial charge in [-0.3, -0.25) is 0 Å². The van der Waals surface area contributed by atoms with E-state index in [1.807, 2.05) is 19.1 Å². The molecule has 1 aromatic heterocycles. The van der Waals surface area contributed by atoms with Crippen molar-refractivity contribution in [3.05, 3.63) is 28.5 Å². The smallest absolute Gasteiger partial charge is 0.109 e. The summed E-state index contributed by atoms with van der Waals surface area (Å²) in [5.41, 5.74) is 1.05. The van der Waals surface area contributed by atoms with E-state index < -0.39 is 0 Å². The van der Waals surface area contributed by atoms with Crippen LogP contribution in [-0.4, -0.2) is 16.2 Å². The Morgan fingerprint density at radius 1 is 1.50 bits per heavy atom. The van der Waals surface area contributed by atoms with Gasteiger partial charge in [-0.2, -0.15) is 0 Å². The first-order valence-corrected chi connectivity index (χ1v) is 4.70. The van der Waals surface area contributed by atoms with Gasteiger partial charge in [0, 0.05) is 12.1 Å². The lowest BCUT2D eigenvalue weighted by Gasteiger charge is -2.15. The fourth-order valence-corrected chi connectivity index (χ4v) is 1.61. The molecule has 0 fully saturated rings.